The summed E-state index contributed by atoms with van der Waals surface area (Å²) in [7, 11) is -3.60. The number of sulfonamides is 1. The first kappa shape index (κ1) is 13.5. The van der Waals surface area contributed by atoms with Crippen LogP contribution in [-0.4, -0.2) is 14.5 Å². The second kappa shape index (κ2) is 4.97. The topological polar surface area (TPSA) is 46.2 Å². The Balaban J connectivity index is 2.17. The molecule has 18 heavy (non-hydrogen) atoms. The largest absolute Gasteiger partial charge is 0.240 e. The van der Waals surface area contributed by atoms with Crippen LogP contribution < -0.4 is 4.72 Å². The van der Waals surface area contributed by atoms with E-state index in [9.17, 15) is 12.8 Å². The van der Waals surface area contributed by atoms with Gasteiger partial charge in [0, 0.05) is 6.04 Å². The Morgan fingerprint density at radius 3 is 2.61 bits per heavy atom. The van der Waals surface area contributed by atoms with E-state index in [2.05, 4.69) is 11.6 Å². The normalized spacial score (nSPS) is 24.4. The second-order valence-electron chi connectivity index (χ2n) is 5.15. The molecule has 2 atom stereocenters. The lowest BCUT2D eigenvalue weighted by atomic mass is 10.1. The van der Waals surface area contributed by atoms with Crippen molar-refractivity contribution >= 4 is 10.0 Å². The Morgan fingerprint density at radius 2 is 2.06 bits per heavy atom. The van der Waals surface area contributed by atoms with Gasteiger partial charge in [0.15, 0.2) is 0 Å². The van der Waals surface area contributed by atoms with Gasteiger partial charge in [0.1, 0.15) is 5.82 Å². The quantitative estimate of drug-likeness (QED) is 0.918. The highest BCUT2D eigenvalue weighted by molar-refractivity contribution is 7.89. The average molecular weight is 271 g/mol. The number of hydrogen-bond donors (Lipinski definition) is 1. The highest BCUT2D eigenvalue weighted by Crippen LogP contribution is 2.26. The van der Waals surface area contributed by atoms with Crippen LogP contribution in [0.1, 0.15) is 31.7 Å². The Kier molecular flexibility index (Phi) is 3.73. The van der Waals surface area contributed by atoms with E-state index < -0.39 is 15.8 Å². The summed E-state index contributed by atoms with van der Waals surface area (Å²) < 4.78 is 40.2. The summed E-state index contributed by atoms with van der Waals surface area (Å²) >= 11 is 0. The molecule has 3 nitrogen and oxygen atoms in total. The molecule has 0 amide bonds. The molecule has 0 spiro atoms. The zero-order valence-electron chi connectivity index (χ0n) is 10.6. The minimum atomic E-state index is -3.60. The molecule has 0 aromatic heterocycles. The van der Waals surface area contributed by atoms with E-state index in [-0.39, 0.29) is 10.9 Å². The van der Waals surface area contributed by atoms with Crippen LogP contribution in [0.3, 0.4) is 0 Å². The SMILES string of the molecule is Cc1ccc(S(=O)(=O)NC2CCC(C)C2)cc1F. The lowest BCUT2D eigenvalue weighted by Gasteiger charge is -2.13. The predicted molar refractivity (Wildman–Crippen MR) is 68.3 cm³/mol. The number of nitrogens with one attached hydrogen (secondary N) is 1. The number of benzene rings is 1. The molecule has 1 N–H and O–H groups in total. The number of halogens is 1. The first-order valence-electron chi connectivity index (χ1n) is 6.17. The summed E-state index contributed by atoms with van der Waals surface area (Å²) in [4.78, 5) is 0.00477. The minimum absolute atomic E-state index is 0.00477. The van der Waals surface area contributed by atoms with E-state index in [1.54, 1.807) is 6.92 Å². The molecule has 100 valence electrons. The molecule has 2 unspecified atom stereocenters. The highest BCUT2D eigenvalue weighted by Gasteiger charge is 2.26. The summed E-state index contributed by atoms with van der Waals surface area (Å²) in [5.41, 5.74) is 0.448. The van der Waals surface area contributed by atoms with E-state index in [0.29, 0.717) is 11.5 Å². The fraction of sp³-hybridized carbons (Fsp3) is 0.538. The molecule has 1 aliphatic carbocycles. The molecular weight excluding hydrogens is 253 g/mol. The summed E-state index contributed by atoms with van der Waals surface area (Å²) in [5, 5.41) is 0. The van der Waals surface area contributed by atoms with E-state index in [0.717, 1.165) is 25.3 Å². The van der Waals surface area contributed by atoms with Crippen LogP contribution in [-0.2, 0) is 10.0 Å². The lowest BCUT2D eigenvalue weighted by Crippen LogP contribution is -2.33. The zero-order valence-corrected chi connectivity index (χ0v) is 11.4. The first-order valence-corrected chi connectivity index (χ1v) is 7.65. The molecule has 0 aliphatic heterocycles. The monoisotopic (exact) mass is 271 g/mol. The van der Waals surface area contributed by atoms with Crippen LogP contribution >= 0.6 is 0 Å². The molecule has 5 heteroatoms. The van der Waals surface area contributed by atoms with Crippen molar-refractivity contribution in [3.63, 3.8) is 0 Å². The second-order valence-corrected chi connectivity index (χ2v) is 6.86. The van der Waals surface area contributed by atoms with Crippen LogP contribution in [0.15, 0.2) is 23.1 Å². The zero-order chi connectivity index (χ0) is 13.3. The molecule has 1 aromatic rings. The van der Waals surface area contributed by atoms with Crippen molar-refractivity contribution < 1.29 is 12.8 Å². The average Bonchev–Trinajstić information content (AvgIpc) is 2.67. The molecule has 0 heterocycles. The summed E-state index contributed by atoms with van der Waals surface area (Å²) in [6.07, 6.45) is 2.75. The third-order valence-electron chi connectivity index (χ3n) is 3.47. The van der Waals surface area contributed by atoms with Gasteiger partial charge in [-0.05, 0) is 49.8 Å². The highest BCUT2D eigenvalue weighted by atomic mass is 32.2. The Hall–Kier alpha value is -0.940. The van der Waals surface area contributed by atoms with Crippen LogP contribution in [0, 0.1) is 18.7 Å². The van der Waals surface area contributed by atoms with Gasteiger partial charge in [-0.15, -0.1) is 0 Å². The van der Waals surface area contributed by atoms with Crippen molar-refractivity contribution in [2.75, 3.05) is 0 Å². The van der Waals surface area contributed by atoms with Crippen LogP contribution in [0.25, 0.3) is 0 Å². The van der Waals surface area contributed by atoms with Crippen molar-refractivity contribution in [3.8, 4) is 0 Å². The predicted octanol–water partition coefficient (Wildman–Crippen LogP) is 2.60. The molecule has 1 aromatic carbocycles. The third kappa shape index (κ3) is 2.90. The lowest BCUT2D eigenvalue weighted by molar-refractivity contribution is 0.537. The van der Waals surface area contributed by atoms with Gasteiger partial charge >= 0.3 is 0 Å². The molecule has 1 fully saturated rings. The summed E-state index contributed by atoms with van der Waals surface area (Å²) in [5.74, 6) is 0.0603. The number of hydrogen-bond acceptors (Lipinski definition) is 2. The first-order chi connectivity index (χ1) is 8.38. The smallest absolute Gasteiger partial charge is 0.208 e. The maximum absolute atomic E-state index is 13.4. The van der Waals surface area contributed by atoms with E-state index in [1.165, 1.54) is 12.1 Å². The van der Waals surface area contributed by atoms with Crippen molar-refractivity contribution in [2.45, 2.75) is 44.0 Å². The van der Waals surface area contributed by atoms with Gasteiger partial charge in [-0.25, -0.2) is 17.5 Å². The molecule has 0 bridgehead atoms. The van der Waals surface area contributed by atoms with Gasteiger partial charge in [-0.3, -0.25) is 0 Å². The molecule has 1 aliphatic rings. The maximum Gasteiger partial charge on any atom is 0.240 e. The van der Waals surface area contributed by atoms with Crippen molar-refractivity contribution in [1.29, 1.82) is 0 Å². The minimum Gasteiger partial charge on any atom is -0.208 e. The van der Waals surface area contributed by atoms with E-state index >= 15 is 0 Å². The van der Waals surface area contributed by atoms with Gasteiger partial charge in [-0.2, -0.15) is 0 Å². The summed E-state index contributed by atoms with van der Waals surface area (Å²) in [6.45, 7) is 3.72. The Labute approximate surface area is 107 Å². The standard InChI is InChI=1S/C13H18FNO2S/c1-9-3-5-11(7-9)15-18(16,17)12-6-4-10(2)13(14)8-12/h4,6,8-9,11,15H,3,5,7H2,1-2H3. The van der Waals surface area contributed by atoms with Crippen molar-refractivity contribution in [2.24, 2.45) is 5.92 Å². The fourth-order valence-electron chi connectivity index (χ4n) is 2.34. The molecule has 1 saturated carbocycles. The van der Waals surface area contributed by atoms with Crippen LogP contribution in [0.4, 0.5) is 4.39 Å². The van der Waals surface area contributed by atoms with E-state index in [1.807, 2.05) is 0 Å². The molecule has 0 radical (unpaired) electrons. The van der Waals surface area contributed by atoms with Crippen molar-refractivity contribution in [3.05, 3.63) is 29.6 Å². The molecule has 0 saturated heterocycles. The van der Waals surface area contributed by atoms with Crippen LogP contribution in [0.5, 0.6) is 0 Å². The molecule has 2 rings (SSSR count). The summed E-state index contributed by atoms with van der Waals surface area (Å²) in [6, 6.07) is 3.99. The number of rotatable bonds is 3. The van der Waals surface area contributed by atoms with Gasteiger partial charge in [-0.1, -0.05) is 13.0 Å². The maximum atomic E-state index is 13.4. The third-order valence-corrected chi connectivity index (χ3v) is 4.99. The number of aryl methyl sites for hydroxylation is 1. The van der Waals surface area contributed by atoms with Gasteiger partial charge < -0.3 is 0 Å². The Bertz CT molecular complexity index is 542. The van der Waals surface area contributed by atoms with Crippen LogP contribution in [0.2, 0.25) is 0 Å². The van der Waals surface area contributed by atoms with E-state index in [4.69, 9.17) is 0 Å². The Morgan fingerprint density at radius 1 is 1.33 bits per heavy atom. The van der Waals surface area contributed by atoms with Gasteiger partial charge in [0.05, 0.1) is 4.90 Å². The molecular formula is C13H18FNO2S. The van der Waals surface area contributed by atoms with Gasteiger partial charge in [0.2, 0.25) is 10.0 Å². The fourth-order valence-corrected chi connectivity index (χ4v) is 3.64. The van der Waals surface area contributed by atoms with Crippen molar-refractivity contribution in [1.82, 2.24) is 4.72 Å². The van der Waals surface area contributed by atoms with Gasteiger partial charge in [0.25, 0.3) is 0 Å².